The van der Waals surface area contributed by atoms with Crippen LogP contribution in [-0.4, -0.2) is 72.4 Å². The Hall–Kier alpha value is -0.770. The average molecular weight is 212 g/mol. The fraction of sp³-hybridized carbons (Fsp3) is 0.833. The van der Waals surface area contributed by atoms with Gasteiger partial charge < -0.3 is 35.7 Å². The van der Waals surface area contributed by atoms with E-state index in [0.717, 1.165) is 0 Å². The van der Waals surface area contributed by atoms with Gasteiger partial charge >= 0.3 is 5.97 Å². The third-order valence-electron chi connectivity index (χ3n) is 1.58. The van der Waals surface area contributed by atoms with Crippen LogP contribution in [0.25, 0.3) is 0 Å². The zero-order valence-electron chi connectivity index (χ0n) is 6.93. The van der Waals surface area contributed by atoms with Crippen LogP contribution in [0.3, 0.4) is 0 Å². The van der Waals surface area contributed by atoms with Gasteiger partial charge in [-0.15, -0.1) is 0 Å². The van der Waals surface area contributed by atoms with E-state index in [9.17, 15) is 4.79 Å². The summed E-state index contributed by atoms with van der Waals surface area (Å²) in [7, 11) is 0. The molecule has 14 heavy (non-hydrogen) atoms. The number of hydrogen-bond acceptors (Lipinski definition) is 7. The molecule has 0 rings (SSSR count). The molecule has 0 aliphatic rings. The summed E-state index contributed by atoms with van der Waals surface area (Å²) >= 11 is 0. The summed E-state index contributed by atoms with van der Waals surface area (Å²) in [5.74, 6) is -1.81. The molecule has 7 N–H and O–H groups in total. The van der Waals surface area contributed by atoms with E-state index in [1.54, 1.807) is 0 Å². The molecule has 0 bridgehead atoms. The molecule has 0 heterocycles. The third-order valence-corrected chi connectivity index (χ3v) is 1.58. The van der Waals surface area contributed by atoms with Crippen molar-refractivity contribution in [1.82, 2.24) is 0 Å². The number of aliphatic hydroxyl groups excluding tert-OH is 5. The first-order valence-corrected chi connectivity index (χ1v) is 3.60. The average Bonchev–Trinajstić information content (AvgIpc) is 2.12. The highest BCUT2D eigenvalue weighted by Gasteiger charge is 2.36. The van der Waals surface area contributed by atoms with E-state index in [-0.39, 0.29) is 0 Å². The van der Waals surface area contributed by atoms with Crippen LogP contribution in [0, 0.1) is 0 Å². The first-order valence-electron chi connectivity index (χ1n) is 3.60. The lowest BCUT2D eigenvalue weighted by molar-refractivity contribution is -0.194. The maximum absolute atomic E-state index is 10.1. The van der Waals surface area contributed by atoms with Gasteiger partial charge in [-0.05, 0) is 0 Å². The fourth-order valence-corrected chi connectivity index (χ4v) is 0.711. The molecular formula is C6H12O8. The van der Waals surface area contributed by atoms with E-state index in [1.807, 2.05) is 0 Å². The summed E-state index contributed by atoms with van der Waals surface area (Å²) < 4.78 is 0. The van der Waals surface area contributed by atoms with Crippen molar-refractivity contribution in [3.8, 4) is 0 Å². The molecule has 0 aromatic rings. The Morgan fingerprint density at radius 3 is 1.50 bits per heavy atom. The van der Waals surface area contributed by atoms with E-state index in [0.29, 0.717) is 0 Å². The van der Waals surface area contributed by atoms with E-state index < -0.39 is 36.7 Å². The second-order valence-electron chi connectivity index (χ2n) is 2.67. The molecule has 8 nitrogen and oxygen atoms in total. The molecule has 0 saturated carbocycles. The van der Waals surface area contributed by atoms with E-state index >= 15 is 0 Å². The molecule has 0 amide bonds. The highest BCUT2D eigenvalue weighted by molar-refractivity contribution is 5.72. The zero-order chi connectivity index (χ0) is 11.5. The van der Waals surface area contributed by atoms with Crippen LogP contribution in [0.4, 0.5) is 0 Å². The highest BCUT2D eigenvalue weighted by Crippen LogP contribution is 2.07. The summed E-state index contributed by atoms with van der Waals surface area (Å²) in [6.07, 6.45) is -11.2. The Morgan fingerprint density at radius 2 is 1.21 bits per heavy atom. The molecule has 0 radical (unpaired) electrons. The lowest BCUT2D eigenvalue weighted by Crippen LogP contribution is -2.51. The number of hydrogen-bond donors (Lipinski definition) is 7. The number of carboxylic acids is 1. The topological polar surface area (TPSA) is 159 Å². The monoisotopic (exact) mass is 212 g/mol. The molecule has 0 saturated heterocycles. The second kappa shape index (κ2) is 5.20. The summed E-state index contributed by atoms with van der Waals surface area (Å²) in [5, 5.41) is 60.3. The van der Waals surface area contributed by atoms with E-state index in [1.165, 1.54) is 0 Å². The van der Waals surface area contributed by atoms with Crippen molar-refractivity contribution < 1.29 is 40.5 Å². The molecule has 0 aromatic heterocycles. The van der Waals surface area contributed by atoms with Gasteiger partial charge in [-0.2, -0.15) is 0 Å². The van der Waals surface area contributed by atoms with E-state index in [2.05, 4.69) is 0 Å². The number of carboxylic acid groups (broad SMARTS) is 1. The minimum absolute atomic E-state index is 1.81. The molecule has 0 aliphatic carbocycles. The fourth-order valence-electron chi connectivity index (χ4n) is 0.711. The zero-order valence-corrected chi connectivity index (χ0v) is 6.93. The Morgan fingerprint density at radius 1 is 0.786 bits per heavy atom. The third kappa shape index (κ3) is 3.18. The first kappa shape index (κ1) is 13.2. The quantitative estimate of drug-likeness (QED) is 0.226. The first-order chi connectivity index (χ1) is 6.29. The predicted octanol–water partition coefficient (Wildman–Crippen LogP) is -4.17. The number of carbonyl (C=O) groups is 1. The van der Waals surface area contributed by atoms with Crippen LogP contribution in [0.15, 0.2) is 0 Å². The van der Waals surface area contributed by atoms with Gasteiger partial charge in [0.05, 0.1) is 0 Å². The SMILES string of the molecule is O=C(O)C(O)C(O)C(O)C(O)C(O)O. The maximum Gasteiger partial charge on any atom is 0.335 e. The van der Waals surface area contributed by atoms with Crippen molar-refractivity contribution in [3.05, 3.63) is 0 Å². The minimum Gasteiger partial charge on any atom is -0.479 e. The van der Waals surface area contributed by atoms with Crippen molar-refractivity contribution in [1.29, 1.82) is 0 Å². The predicted molar refractivity (Wildman–Crippen MR) is 39.9 cm³/mol. The van der Waals surface area contributed by atoms with Crippen molar-refractivity contribution in [2.24, 2.45) is 0 Å². The molecule has 8 heteroatoms. The Kier molecular flexibility index (Phi) is 4.91. The van der Waals surface area contributed by atoms with Gasteiger partial charge in [-0.1, -0.05) is 0 Å². The van der Waals surface area contributed by atoms with Crippen LogP contribution in [0.5, 0.6) is 0 Å². The van der Waals surface area contributed by atoms with Crippen LogP contribution >= 0.6 is 0 Å². The number of rotatable bonds is 5. The molecular weight excluding hydrogens is 200 g/mol. The van der Waals surface area contributed by atoms with Crippen molar-refractivity contribution in [2.45, 2.75) is 30.7 Å². The van der Waals surface area contributed by atoms with Gasteiger partial charge in [-0.25, -0.2) is 4.79 Å². The normalized spacial score (nSPS) is 20.2. The standard InChI is InChI=1S/C6H12O8/c7-1(3(9)5(11)12)2(8)4(10)6(13)14/h1-5,7-12H,(H,13,14). The summed E-state index contributed by atoms with van der Waals surface area (Å²) in [5.41, 5.74) is 0. The summed E-state index contributed by atoms with van der Waals surface area (Å²) in [6.45, 7) is 0. The smallest absolute Gasteiger partial charge is 0.335 e. The van der Waals surface area contributed by atoms with Gasteiger partial charge in [0, 0.05) is 0 Å². The van der Waals surface area contributed by atoms with Crippen LogP contribution in [-0.2, 0) is 4.79 Å². The Bertz CT molecular complexity index is 192. The molecule has 0 spiro atoms. The number of aliphatic hydroxyl groups is 6. The van der Waals surface area contributed by atoms with Crippen molar-refractivity contribution in [3.63, 3.8) is 0 Å². The molecule has 4 atom stereocenters. The Labute approximate surface area is 78.3 Å². The lowest BCUT2D eigenvalue weighted by Gasteiger charge is -2.25. The molecule has 0 aromatic carbocycles. The molecule has 0 fully saturated rings. The van der Waals surface area contributed by atoms with Gasteiger partial charge in [-0.3, -0.25) is 0 Å². The second-order valence-corrected chi connectivity index (χ2v) is 2.67. The molecule has 0 aliphatic heterocycles. The van der Waals surface area contributed by atoms with Crippen LogP contribution in [0.2, 0.25) is 0 Å². The molecule has 4 unspecified atom stereocenters. The number of aliphatic carboxylic acids is 1. The highest BCUT2D eigenvalue weighted by atomic mass is 16.5. The minimum atomic E-state index is -2.35. The summed E-state index contributed by atoms with van der Waals surface area (Å²) in [4.78, 5) is 10.1. The molecule has 84 valence electrons. The van der Waals surface area contributed by atoms with Gasteiger partial charge in [0.1, 0.15) is 18.3 Å². The van der Waals surface area contributed by atoms with Gasteiger partial charge in [0.15, 0.2) is 12.4 Å². The van der Waals surface area contributed by atoms with Crippen molar-refractivity contribution in [2.75, 3.05) is 0 Å². The van der Waals surface area contributed by atoms with Crippen LogP contribution in [0.1, 0.15) is 0 Å². The summed E-state index contributed by atoms with van der Waals surface area (Å²) in [6, 6.07) is 0. The largest absolute Gasteiger partial charge is 0.479 e. The van der Waals surface area contributed by atoms with E-state index in [4.69, 9.17) is 35.7 Å². The maximum atomic E-state index is 10.1. The lowest BCUT2D eigenvalue weighted by atomic mass is 10.0. The van der Waals surface area contributed by atoms with Crippen LogP contribution < -0.4 is 0 Å². The van der Waals surface area contributed by atoms with Crippen molar-refractivity contribution >= 4 is 5.97 Å². The van der Waals surface area contributed by atoms with Gasteiger partial charge in [0.2, 0.25) is 0 Å². The van der Waals surface area contributed by atoms with Gasteiger partial charge in [0.25, 0.3) is 0 Å². The Balaban J connectivity index is 4.37.